The minimum Gasteiger partial charge on any atom is -0.326 e. The van der Waals surface area contributed by atoms with E-state index in [0.29, 0.717) is 13.1 Å². The van der Waals surface area contributed by atoms with Crippen LogP contribution in [-0.2, 0) is 10.0 Å². The summed E-state index contributed by atoms with van der Waals surface area (Å²) in [6, 6.07) is 4.55. The van der Waals surface area contributed by atoms with Crippen LogP contribution in [0, 0.1) is 6.92 Å². The van der Waals surface area contributed by atoms with Crippen LogP contribution in [0.2, 0.25) is 0 Å². The van der Waals surface area contributed by atoms with Crippen molar-refractivity contribution in [2.24, 2.45) is 5.73 Å². The molecule has 0 spiro atoms. The Bertz CT molecular complexity index is 563. The molecule has 7 heteroatoms. The summed E-state index contributed by atoms with van der Waals surface area (Å²) < 4.78 is 24.8. The zero-order valence-corrected chi connectivity index (χ0v) is 14.6. The number of sulfonamides is 1. The highest BCUT2D eigenvalue weighted by molar-refractivity contribution is 7.88. The number of aryl methyl sites for hydroxylation is 1. The number of hydrogen-bond acceptors (Lipinski definition) is 5. The largest absolute Gasteiger partial charge is 0.326 e. The van der Waals surface area contributed by atoms with E-state index in [0.717, 1.165) is 19.5 Å². The van der Waals surface area contributed by atoms with Crippen molar-refractivity contribution in [3.63, 3.8) is 0 Å². The fourth-order valence-electron chi connectivity index (χ4n) is 2.81. The number of hydrogen-bond donors (Lipinski definition) is 1. The third kappa shape index (κ3) is 4.04. The molecule has 2 unspecified atom stereocenters. The molecule has 0 saturated carbocycles. The Labute approximate surface area is 131 Å². The van der Waals surface area contributed by atoms with Crippen LogP contribution in [-0.4, -0.2) is 56.1 Å². The molecule has 2 N–H and O–H groups in total. The average molecular weight is 332 g/mol. The SMILES string of the molecule is CCC(N)C(c1ccc(C)s1)N1CCN(S(C)(=O)=O)CC1. The molecule has 1 aliphatic rings. The normalized spacial score (nSPS) is 21.3. The Kier molecular flexibility index (Phi) is 5.43. The second kappa shape index (κ2) is 6.75. The minimum atomic E-state index is -3.08. The third-order valence-corrected chi connectivity index (χ3v) is 6.44. The quantitative estimate of drug-likeness (QED) is 0.886. The molecule has 1 aromatic rings. The molecule has 0 amide bonds. The van der Waals surface area contributed by atoms with Crippen molar-refractivity contribution in [1.82, 2.24) is 9.21 Å². The van der Waals surface area contributed by atoms with Crippen LogP contribution in [0.4, 0.5) is 0 Å². The summed E-state index contributed by atoms with van der Waals surface area (Å²) in [6.45, 7) is 6.78. The minimum absolute atomic E-state index is 0.0767. The first-order valence-electron chi connectivity index (χ1n) is 7.34. The molecule has 2 rings (SSSR count). The van der Waals surface area contributed by atoms with E-state index in [1.807, 2.05) is 0 Å². The molecule has 1 aromatic heterocycles. The Balaban J connectivity index is 2.13. The van der Waals surface area contributed by atoms with Crippen LogP contribution in [0.15, 0.2) is 12.1 Å². The maximum absolute atomic E-state index is 11.6. The maximum atomic E-state index is 11.6. The molecule has 1 saturated heterocycles. The lowest BCUT2D eigenvalue weighted by Gasteiger charge is -2.40. The number of rotatable bonds is 5. The zero-order valence-electron chi connectivity index (χ0n) is 12.9. The van der Waals surface area contributed by atoms with Crippen LogP contribution in [0.25, 0.3) is 0 Å². The van der Waals surface area contributed by atoms with Gasteiger partial charge < -0.3 is 5.73 Å². The van der Waals surface area contributed by atoms with Gasteiger partial charge in [0, 0.05) is 42.0 Å². The van der Waals surface area contributed by atoms with Gasteiger partial charge in [-0.15, -0.1) is 11.3 Å². The molecular weight excluding hydrogens is 306 g/mol. The van der Waals surface area contributed by atoms with E-state index in [1.165, 1.54) is 16.0 Å². The van der Waals surface area contributed by atoms with E-state index >= 15 is 0 Å². The van der Waals surface area contributed by atoms with Gasteiger partial charge in [-0.25, -0.2) is 8.42 Å². The number of nitrogens with zero attached hydrogens (tertiary/aromatic N) is 2. The van der Waals surface area contributed by atoms with Crippen LogP contribution < -0.4 is 5.73 Å². The van der Waals surface area contributed by atoms with Gasteiger partial charge in [0.25, 0.3) is 0 Å². The summed E-state index contributed by atoms with van der Waals surface area (Å²) in [5.74, 6) is 0. The van der Waals surface area contributed by atoms with E-state index in [1.54, 1.807) is 15.6 Å². The molecule has 0 aliphatic carbocycles. The third-order valence-electron chi connectivity index (χ3n) is 4.07. The second-order valence-corrected chi connectivity index (χ2v) is 8.97. The smallest absolute Gasteiger partial charge is 0.211 e. The van der Waals surface area contributed by atoms with Crippen LogP contribution in [0.5, 0.6) is 0 Å². The summed E-state index contributed by atoms with van der Waals surface area (Å²) in [5, 5.41) is 0. The van der Waals surface area contributed by atoms with Crippen LogP contribution >= 0.6 is 11.3 Å². The molecule has 21 heavy (non-hydrogen) atoms. The zero-order chi connectivity index (χ0) is 15.6. The van der Waals surface area contributed by atoms with Crippen molar-refractivity contribution in [3.8, 4) is 0 Å². The van der Waals surface area contributed by atoms with Gasteiger partial charge in [-0.3, -0.25) is 4.90 Å². The predicted molar refractivity (Wildman–Crippen MR) is 88.1 cm³/mol. The highest BCUT2D eigenvalue weighted by atomic mass is 32.2. The van der Waals surface area contributed by atoms with E-state index in [-0.39, 0.29) is 12.1 Å². The average Bonchev–Trinajstić information content (AvgIpc) is 2.84. The lowest BCUT2D eigenvalue weighted by atomic mass is 10.0. The number of thiophene rings is 1. The summed E-state index contributed by atoms with van der Waals surface area (Å²) in [6.07, 6.45) is 2.19. The Morgan fingerprint density at radius 3 is 2.33 bits per heavy atom. The Hall–Kier alpha value is -0.470. The fraction of sp³-hybridized carbons (Fsp3) is 0.714. The molecule has 0 bridgehead atoms. The van der Waals surface area contributed by atoms with Gasteiger partial charge >= 0.3 is 0 Å². The molecule has 1 fully saturated rings. The maximum Gasteiger partial charge on any atom is 0.211 e. The molecule has 0 radical (unpaired) electrons. The van der Waals surface area contributed by atoms with E-state index in [2.05, 4.69) is 30.9 Å². The standard InChI is InChI=1S/C14H25N3O2S2/c1-4-12(15)14(13-6-5-11(2)20-13)16-7-9-17(10-8-16)21(3,18)19/h5-6,12,14H,4,7-10,15H2,1-3H3. The van der Waals surface area contributed by atoms with Crippen molar-refractivity contribution in [1.29, 1.82) is 0 Å². The van der Waals surface area contributed by atoms with Crippen molar-refractivity contribution < 1.29 is 8.42 Å². The lowest BCUT2D eigenvalue weighted by Crippen LogP contribution is -2.52. The van der Waals surface area contributed by atoms with Crippen LogP contribution in [0.3, 0.4) is 0 Å². The van der Waals surface area contributed by atoms with Crippen molar-refractivity contribution >= 4 is 21.4 Å². The second-order valence-electron chi connectivity index (χ2n) is 5.66. The first-order chi connectivity index (χ1) is 9.82. The monoisotopic (exact) mass is 331 g/mol. The Morgan fingerprint density at radius 2 is 1.90 bits per heavy atom. The highest BCUT2D eigenvalue weighted by Gasteiger charge is 2.31. The van der Waals surface area contributed by atoms with Gasteiger partial charge in [0.2, 0.25) is 10.0 Å². The van der Waals surface area contributed by atoms with Gasteiger partial charge in [0.1, 0.15) is 0 Å². The Morgan fingerprint density at radius 1 is 1.29 bits per heavy atom. The summed E-state index contributed by atoms with van der Waals surface area (Å²) in [5.41, 5.74) is 6.34. The van der Waals surface area contributed by atoms with Gasteiger partial charge in [0.15, 0.2) is 0 Å². The first-order valence-corrected chi connectivity index (χ1v) is 10.0. The summed E-state index contributed by atoms with van der Waals surface area (Å²) in [7, 11) is -3.08. The number of nitrogens with two attached hydrogens (primary N) is 1. The van der Waals surface area contributed by atoms with Crippen molar-refractivity contribution in [2.75, 3.05) is 32.4 Å². The van der Waals surface area contributed by atoms with Crippen LogP contribution in [0.1, 0.15) is 29.1 Å². The van der Waals surface area contributed by atoms with Gasteiger partial charge in [-0.1, -0.05) is 6.92 Å². The van der Waals surface area contributed by atoms with Crippen molar-refractivity contribution in [3.05, 3.63) is 21.9 Å². The van der Waals surface area contributed by atoms with Gasteiger partial charge in [0.05, 0.1) is 12.3 Å². The summed E-state index contributed by atoms with van der Waals surface area (Å²) in [4.78, 5) is 4.91. The first kappa shape index (κ1) is 16.9. The highest BCUT2D eigenvalue weighted by Crippen LogP contribution is 2.31. The van der Waals surface area contributed by atoms with Crippen molar-refractivity contribution in [2.45, 2.75) is 32.4 Å². The van der Waals surface area contributed by atoms with E-state index in [9.17, 15) is 8.42 Å². The molecular formula is C14H25N3O2S2. The molecule has 5 nitrogen and oxygen atoms in total. The molecule has 0 aromatic carbocycles. The molecule has 120 valence electrons. The predicted octanol–water partition coefficient (Wildman–Crippen LogP) is 1.41. The molecule has 1 aliphatic heterocycles. The fourth-order valence-corrected chi connectivity index (χ4v) is 4.73. The van der Waals surface area contributed by atoms with Gasteiger partial charge in [-0.2, -0.15) is 4.31 Å². The number of piperazine rings is 1. The summed E-state index contributed by atoms with van der Waals surface area (Å²) >= 11 is 1.79. The topological polar surface area (TPSA) is 66.6 Å². The van der Waals surface area contributed by atoms with E-state index in [4.69, 9.17) is 5.73 Å². The van der Waals surface area contributed by atoms with E-state index < -0.39 is 10.0 Å². The molecule has 2 atom stereocenters. The van der Waals surface area contributed by atoms with Gasteiger partial charge in [-0.05, 0) is 25.5 Å². The lowest BCUT2D eigenvalue weighted by molar-refractivity contribution is 0.121. The molecule has 2 heterocycles.